The maximum atomic E-state index is 11.8. The maximum Gasteiger partial charge on any atom is 0.338 e. The number of hydrogen-bond acceptors (Lipinski definition) is 5. The summed E-state index contributed by atoms with van der Waals surface area (Å²) < 4.78 is 5.81. The van der Waals surface area contributed by atoms with E-state index in [0.29, 0.717) is 5.69 Å². The Kier molecular flexibility index (Phi) is 5.64. The van der Waals surface area contributed by atoms with Crippen LogP contribution in [0.4, 0.5) is 11.4 Å². The third kappa shape index (κ3) is 4.63. The summed E-state index contributed by atoms with van der Waals surface area (Å²) in [6.07, 6.45) is 0. The zero-order valence-corrected chi connectivity index (χ0v) is 14.2. The summed E-state index contributed by atoms with van der Waals surface area (Å²) in [5.41, 5.74) is 1.55. The van der Waals surface area contributed by atoms with Gasteiger partial charge in [-0.05, 0) is 42.8 Å². The van der Waals surface area contributed by atoms with Gasteiger partial charge in [-0.2, -0.15) is 0 Å². The van der Waals surface area contributed by atoms with Gasteiger partial charge in [-0.25, -0.2) is 4.79 Å². The lowest BCUT2D eigenvalue weighted by atomic mass is 10.2. The average Bonchev–Trinajstić information content (AvgIpc) is 2.56. The van der Waals surface area contributed by atoms with Crippen LogP contribution in [0.1, 0.15) is 15.9 Å². The molecule has 2 aromatic carbocycles. The van der Waals surface area contributed by atoms with Crippen molar-refractivity contribution in [3.63, 3.8) is 0 Å². The molecule has 2 rings (SSSR count). The molecule has 0 atom stereocenters. The van der Waals surface area contributed by atoms with Crippen molar-refractivity contribution in [2.75, 3.05) is 11.9 Å². The van der Waals surface area contributed by atoms with Gasteiger partial charge in [0.2, 0.25) is 0 Å². The molecule has 1 N–H and O–H groups in total. The van der Waals surface area contributed by atoms with Crippen LogP contribution in [0.25, 0.3) is 0 Å². The molecule has 0 aliphatic carbocycles. The Balaban J connectivity index is 1.89. The Bertz CT molecular complexity index is 790. The lowest BCUT2D eigenvalue weighted by Gasteiger charge is -2.08. The number of carbonyl (C=O) groups is 2. The highest BCUT2D eigenvalue weighted by Crippen LogP contribution is 2.20. The van der Waals surface area contributed by atoms with Gasteiger partial charge in [-0.15, -0.1) is 0 Å². The number of carbonyl (C=O) groups excluding carboxylic acids is 2. The second-order valence-corrected chi connectivity index (χ2v) is 5.75. The molecular formula is C16H13BrN2O5. The molecule has 0 spiro atoms. The third-order valence-electron chi connectivity index (χ3n) is 3.09. The van der Waals surface area contributed by atoms with Gasteiger partial charge in [-0.3, -0.25) is 14.9 Å². The second kappa shape index (κ2) is 7.69. The number of nitrogens with zero attached hydrogens (tertiary/aromatic N) is 1. The van der Waals surface area contributed by atoms with E-state index >= 15 is 0 Å². The summed E-state index contributed by atoms with van der Waals surface area (Å²) in [5.74, 6) is -1.21. The molecule has 1 amide bonds. The predicted octanol–water partition coefficient (Wildman–Crippen LogP) is 3.46. The van der Waals surface area contributed by atoms with Crippen LogP contribution in [0.2, 0.25) is 0 Å². The minimum absolute atomic E-state index is 0.130. The molecule has 8 heteroatoms. The van der Waals surface area contributed by atoms with Crippen molar-refractivity contribution in [1.29, 1.82) is 0 Å². The highest BCUT2D eigenvalue weighted by molar-refractivity contribution is 9.10. The zero-order valence-electron chi connectivity index (χ0n) is 12.6. The van der Waals surface area contributed by atoms with E-state index in [1.807, 2.05) is 6.92 Å². The number of nitrogens with one attached hydrogen (secondary N) is 1. The van der Waals surface area contributed by atoms with E-state index in [2.05, 4.69) is 21.2 Å². The smallest absolute Gasteiger partial charge is 0.338 e. The molecule has 24 heavy (non-hydrogen) atoms. The summed E-state index contributed by atoms with van der Waals surface area (Å²) in [6.45, 7) is 1.43. The van der Waals surface area contributed by atoms with Gasteiger partial charge in [0.05, 0.1) is 10.5 Å². The fourth-order valence-electron chi connectivity index (χ4n) is 1.85. The quantitative estimate of drug-likeness (QED) is 0.477. The molecule has 0 unspecified atom stereocenters. The normalized spacial score (nSPS) is 10.1. The first-order valence-electron chi connectivity index (χ1n) is 6.84. The van der Waals surface area contributed by atoms with Crippen molar-refractivity contribution >= 4 is 39.2 Å². The maximum absolute atomic E-state index is 11.8. The highest BCUT2D eigenvalue weighted by Gasteiger charge is 2.12. The molecule has 0 radical (unpaired) electrons. The van der Waals surface area contributed by atoms with Gasteiger partial charge in [0.15, 0.2) is 6.61 Å². The molecule has 0 heterocycles. The number of nitro benzene ring substituents is 1. The summed E-state index contributed by atoms with van der Waals surface area (Å²) in [6, 6.07) is 10.2. The number of hydrogen-bond donors (Lipinski definition) is 1. The Labute approximate surface area is 145 Å². The summed E-state index contributed by atoms with van der Waals surface area (Å²) in [4.78, 5) is 33.6. The zero-order chi connectivity index (χ0) is 17.7. The van der Waals surface area contributed by atoms with Gasteiger partial charge >= 0.3 is 5.97 Å². The number of non-ortho nitro benzene ring substituents is 1. The molecule has 2 aromatic rings. The number of rotatable bonds is 5. The van der Waals surface area contributed by atoms with Crippen LogP contribution in [0.5, 0.6) is 0 Å². The van der Waals surface area contributed by atoms with Gasteiger partial charge in [0.25, 0.3) is 11.6 Å². The largest absolute Gasteiger partial charge is 0.452 e. The lowest BCUT2D eigenvalue weighted by Crippen LogP contribution is -2.21. The number of aryl methyl sites for hydroxylation is 1. The summed E-state index contributed by atoms with van der Waals surface area (Å²) >= 11 is 3.36. The minimum Gasteiger partial charge on any atom is -0.452 e. The van der Waals surface area contributed by atoms with Crippen molar-refractivity contribution in [2.24, 2.45) is 0 Å². The molecule has 0 saturated heterocycles. The molecule has 7 nitrogen and oxygen atoms in total. The van der Waals surface area contributed by atoms with Crippen molar-refractivity contribution in [1.82, 2.24) is 0 Å². The first kappa shape index (κ1) is 17.6. The van der Waals surface area contributed by atoms with E-state index in [9.17, 15) is 19.7 Å². The first-order chi connectivity index (χ1) is 11.4. The number of esters is 1. The van der Waals surface area contributed by atoms with E-state index in [4.69, 9.17) is 4.74 Å². The second-order valence-electron chi connectivity index (χ2n) is 4.89. The number of nitro groups is 1. The molecule has 0 bridgehead atoms. The Morgan fingerprint density at radius 1 is 1.21 bits per heavy atom. The number of benzene rings is 2. The molecule has 0 aliphatic rings. The molecule has 0 fully saturated rings. The van der Waals surface area contributed by atoms with Crippen LogP contribution < -0.4 is 5.32 Å². The fourth-order valence-corrected chi connectivity index (χ4v) is 2.10. The number of anilines is 1. The van der Waals surface area contributed by atoms with Crippen molar-refractivity contribution in [2.45, 2.75) is 6.92 Å². The fraction of sp³-hybridized carbons (Fsp3) is 0.125. The van der Waals surface area contributed by atoms with Crippen LogP contribution in [-0.4, -0.2) is 23.4 Å². The van der Waals surface area contributed by atoms with E-state index in [-0.39, 0.29) is 11.3 Å². The topological polar surface area (TPSA) is 98.5 Å². The average molecular weight is 393 g/mol. The van der Waals surface area contributed by atoms with Crippen LogP contribution in [-0.2, 0) is 9.53 Å². The van der Waals surface area contributed by atoms with Gasteiger partial charge < -0.3 is 10.1 Å². The number of halogens is 1. The minimum atomic E-state index is -0.730. The molecule has 0 aromatic heterocycles. The predicted molar refractivity (Wildman–Crippen MR) is 90.9 cm³/mol. The SMILES string of the molecule is Cc1cc(NC(=O)COC(=O)c2ccc([N+](=O)[O-])cc2)ccc1Br. The molecule has 124 valence electrons. The molecule has 0 aliphatic heterocycles. The van der Waals surface area contributed by atoms with Crippen LogP contribution in [0.15, 0.2) is 46.9 Å². The van der Waals surface area contributed by atoms with Crippen molar-refractivity contribution in [3.8, 4) is 0 Å². The summed E-state index contributed by atoms with van der Waals surface area (Å²) in [7, 11) is 0. The standard InChI is InChI=1S/C16H13BrN2O5/c1-10-8-12(4-7-14(10)17)18-15(20)9-24-16(21)11-2-5-13(6-3-11)19(22)23/h2-8H,9H2,1H3,(H,18,20). The third-order valence-corrected chi connectivity index (χ3v) is 3.98. The van der Waals surface area contributed by atoms with Crippen molar-refractivity contribution < 1.29 is 19.2 Å². The Morgan fingerprint density at radius 3 is 2.46 bits per heavy atom. The summed E-state index contributed by atoms with van der Waals surface area (Å²) in [5, 5.41) is 13.2. The van der Waals surface area contributed by atoms with Gasteiger partial charge in [0, 0.05) is 22.3 Å². The Morgan fingerprint density at radius 2 is 1.88 bits per heavy atom. The highest BCUT2D eigenvalue weighted by atomic mass is 79.9. The van der Waals surface area contributed by atoms with E-state index < -0.39 is 23.4 Å². The molecule has 0 saturated carbocycles. The van der Waals surface area contributed by atoms with E-state index in [0.717, 1.165) is 10.0 Å². The van der Waals surface area contributed by atoms with Gasteiger partial charge in [0.1, 0.15) is 0 Å². The van der Waals surface area contributed by atoms with Crippen LogP contribution in [0.3, 0.4) is 0 Å². The monoisotopic (exact) mass is 392 g/mol. The van der Waals surface area contributed by atoms with Crippen LogP contribution >= 0.6 is 15.9 Å². The number of amides is 1. The van der Waals surface area contributed by atoms with E-state index in [1.54, 1.807) is 18.2 Å². The van der Waals surface area contributed by atoms with Gasteiger partial charge in [-0.1, -0.05) is 15.9 Å². The van der Waals surface area contributed by atoms with Crippen LogP contribution in [0, 0.1) is 17.0 Å². The first-order valence-corrected chi connectivity index (χ1v) is 7.63. The Hall–Kier alpha value is -2.74. The molecular weight excluding hydrogens is 380 g/mol. The van der Waals surface area contributed by atoms with E-state index in [1.165, 1.54) is 24.3 Å². The number of ether oxygens (including phenoxy) is 1. The van der Waals surface area contributed by atoms with Crippen molar-refractivity contribution in [3.05, 3.63) is 68.2 Å². The lowest BCUT2D eigenvalue weighted by molar-refractivity contribution is -0.384.